The van der Waals surface area contributed by atoms with E-state index in [2.05, 4.69) is 9.71 Å². The van der Waals surface area contributed by atoms with Crippen molar-refractivity contribution in [1.82, 2.24) is 14.6 Å². The van der Waals surface area contributed by atoms with Crippen LogP contribution in [0.4, 0.5) is 15.0 Å². The summed E-state index contributed by atoms with van der Waals surface area (Å²) in [5, 5.41) is 10.7. The van der Waals surface area contributed by atoms with Crippen LogP contribution >= 0.6 is 11.9 Å². The molecule has 0 bridgehead atoms. The molecule has 35 heavy (non-hydrogen) atoms. The van der Waals surface area contributed by atoms with E-state index in [-0.39, 0.29) is 25.5 Å². The van der Waals surface area contributed by atoms with Gasteiger partial charge in [-0.25, -0.2) is 14.2 Å². The minimum absolute atomic E-state index is 0.198. The number of aliphatic hydroxyl groups is 1. The van der Waals surface area contributed by atoms with Crippen molar-refractivity contribution >= 4 is 23.9 Å². The van der Waals surface area contributed by atoms with Gasteiger partial charge in [-0.3, -0.25) is 4.72 Å². The minimum Gasteiger partial charge on any atom is -0.444 e. The van der Waals surface area contributed by atoms with E-state index < -0.39 is 17.3 Å². The number of rotatable bonds is 6. The number of benzene rings is 2. The monoisotopic (exact) mass is 496 g/mol. The maximum Gasteiger partial charge on any atom is 0.410 e. The lowest BCUT2D eigenvalue weighted by atomic mass is 9.95. The number of likely N-dealkylation sites (tertiary alicyclic amines) is 1. The quantitative estimate of drug-likeness (QED) is 0.425. The molecule has 0 saturated carbocycles. The van der Waals surface area contributed by atoms with Gasteiger partial charge in [0, 0.05) is 28.8 Å². The summed E-state index contributed by atoms with van der Waals surface area (Å²) in [6, 6.07) is 16.1. The molecule has 7 nitrogen and oxygen atoms in total. The van der Waals surface area contributed by atoms with Gasteiger partial charge >= 0.3 is 6.09 Å². The van der Waals surface area contributed by atoms with E-state index in [1.807, 2.05) is 30.3 Å². The summed E-state index contributed by atoms with van der Waals surface area (Å²) < 4.78 is 23.5. The van der Waals surface area contributed by atoms with E-state index in [0.717, 1.165) is 16.0 Å². The number of ether oxygens (including phenoxy) is 1. The van der Waals surface area contributed by atoms with Crippen molar-refractivity contribution in [2.45, 2.75) is 36.9 Å². The van der Waals surface area contributed by atoms with E-state index in [1.165, 1.54) is 22.9 Å². The number of pyridine rings is 1. The lowest BCUT2D eigenvalue weighted by Gasteiger charge is -2.46. The van der Waals surface area contributed by atoms with Crippen LogP contribution in [0.25, 0.3) is 22.3 Å². The Balaban J connectivity index is 1.39. The summed E-state index contributed by atoms with van der Waals surface area (Å²) >= 11 is 1.35. The van der Waals surface area contributed by atoms with Gasteiger partial charge in [-0.1, -0.05) is 30.3 Å². The van der Waals surface area contributed by atoms with E-state index in [9.17, 15) is 14.3 Å². The van der Waals surface area contributed by atoms with E-state index in [0.29, 0.717) is 16.9 Å². The molecule has 0 radical (unpaired) electrons. The Kier molecular flexibility index (Phi) is 7.02. The first-order valence-electron chi connectivity index (χ1n) is 11.2. The second kappa shape index (κ2) is 9.85. The maximum atomic E-state index is 15.0. The van der Waals surface area contributed by atoms with Crippen molar-refractivity contribution < 1.29 is 19.0 Å². The number of hydrogen-bond donors (Lipinski definition) is 3. The summed E-state index contributed by atoms with van der Waals surface area (Å²) in [6.07, 6.45) is 1.12. The van der Waals surface area contributed by atoms with Gasteiger partial charge in [0.2, 0.25) is 0 Å². The number of carbonyl (C=O) groups is 1. The number of amides is 1. The average molecular weight is 497 g/mol. The number of carbonyl (C=O) groups excluding carboxylic acids is 1. The van der Waals surface area contributed by atoms with Gasteiger partial charge in [0.25, 0.3) is 0 Å². The third-order valence-corrected chi connectivity index (χ3v) is 6.33. The molecule has 2 aromatic carbocycles. The highest BCUT2D eigenvalue weighted by Crippen LogP contribution is 2.33. The normalized spacial score (nSPS) is 14.9. The second-order valence-electron chi connectivity index (χ2n) is 9.65. The van der Waals surface area contributed by atoms with E-state index in [1.54, 1.807) is 45.2 Å². The first-order chi connectivity index (χ1) is 16.5. The van der Waals surface area contributed by atoms with Gasteiger partial charge in [0.05, 0.1) is 13.1 Å². The Labute approximate surface area is 208 Å². The molecule has 0 unspecified atom stereocenters. The summed E-state index contributed by atoms with van der Waals surface area (Å²) in [6.45, 7) is 6.10. The number of β-amino-alcohol motifs (C(OH)–C–C–N with tert-alkyl or cyclic N) is 1. The van der Waals surface area contributed by atoms with Crippen LogP contribution in [-0.2, 0) is 4.74 Å². The zero-order valence-corrected chi connectivity index (χ0v) is 20.7. The topological polar surface area (TPSA) is 101 Å². The van der Waals surface area contributed by atoms with Gasteiger partial charge in [-0.2, -0.15) is 0 Å². The molecule has 1 aliphatic heterocycles. The van der Waals surface area contributed by atoms with Crippen molar-refractivity contribution in [3.8, 4) is 22.3 Å². The summed E-state index contributed by atoms with van der Waals surface area (Å²) in [7, 11) is 0. The highest BCUT2D eigenvalue weighted by molar-refractivity contribution is 7.97. The molecule has 0 aliphatic carbocycles. The number of anilines is 1. The van der Waals surface area contributed by atoms with Crippen LogP contribution in [0.2, 0.25) is 0 Å². The molecular formula is C26H29FN4O3S. The highest BCUT2D eigenvalue weighted by atomic mass is 32.2. The average Bonchev–Trinajstić information content (AvgIpc) is 2.77. The molecule has 184 valence electrons. The van der Waals surface area contributed by atoms with Crippen molar-refractivity contribution in [3.05, 3.63) is 66.6 Å². The summed E-state index contributed by atoms with van der Waals surface area (Å²) in [4.78, 5) is 18.5. The fraction of sp³-hybridized carbons (Fsp3) is 0.308. The van der Waals surface area contributed by atoms with Crippen LogP contribution in [0.5, 0.6) is 0 Å². The van der Waals surface area contributed by atoms with Crippen molar-refractivity contribution in [2.24, 2.45) is 0 Å². The molecule has 1 fully saturated rings. The Morgan fingerprint density at radius 2 is 1.89 bits per heavy atom. The highest BCUT2D eigenvalue weighted by Gasteiger charge is 2.45. The van der Waals surface area contributed by atoms with Crippen molar-refractivity contribution in [2.75, 3.05) is 25.4 Å². The van der Waals surface area contributed by atoms with Crippen LogP contribution in [0.15, 0.2) is 65.7 Å². The molecule has 0 atom stereocenters. The molecule has 1 amide bonds. The van der Waals surface area contributed by atoms with Crippen LogP contribution in [-0.4, -0.2) is 51.9 Å². The lowest BCUT2D eigenvalue weighted by molar-refractivity contribution is -0.0933. The largest absolute Gasteiger partial charge is 0.444 e. The number of hydrogen-bond acceptors (Lipinski definition) is 7. The van der Waals surface area contributed by atoms with Crippen LogP contribution in [0.3, 0.4) is 0 Å². The van der Waals surface area contributed by atoms with Crippen LogP contribution in [0.1, 0.15) is 20.8 Å². The van der Waals surface area contributed by atoms with E-state index >= 15 is 0 Å². The number of nitrogen functional groups attached to an aromatic ring is 1. The fourth-order valence-electron chi connectivity index (χ4n) is 3.76. The molecule has 4 rings (SSSR count). The predicted octanol–water partition coefficient (Wildman–Crippen LogP) is 4.72. The Morgan fingerprint density at radius 1 is 1.17 bits per heavy atom. The Bertz CT molecular complexity index is 1210. The number of nitrogens with zero attached hydrogens (tertiary/aromatic N) is 2. The lowest BCUT2D eigenvalue weighted by Crippen LogP contribution is -2.67. The van der Waals surface area contributed by atoms with Crippen LogP contribution < -0.4 is 10.5 Å². The number of halogens is 1. The molecule has 1 saturated heterocycles. The molecule has 9 heteroatoms. The van der Waals surface area contributed by atoms with Gasteiger partial charge in [-0.15, -0.1) is 0 Å². The number of nitrogens with two attached hydrogens (primary N) is 1. The maximum absolute atomic E-state index is 15.0. The van der Waals surface area contributed by atoms with Crippen molar-refractivity contribution in [1.29, 1.82) is 0 Å². The minimum atomic E-state index is -1.03. The summed E-state index contributed by atoms with van der Waals surface area (Å²) in [5.41, 5.74) is 6.73. The molecule has 1 aliphatic rings. The molecule has 2 heterocycles. The SMILES string of the molecule is CC(C)(C)OC(=O)N1CC(O)(CNSc2ccccc2-c2ccc(-c3ccc(N)nc3)c(F)c2)C1. The second-order valence-corrected chi connectivity index (χ2v) is 10.6. The van der Waals surface area contributed by atoms with Crippen LogP contribution in [0, 0.1) is 5.82 Å². The predicted molar refractivity (Wildman–Crippen MR) is 136 cm³/mol. The van der Waals surface area contributed by atoms with Gasteiger partial charge in [0.15, 0.2) is 0 Å². The molecule has 3 aromatic rings. The van der Waals surface area contributed by atoms with Gasteiger partial charge in [-0.05, 0) is 68.1 Å². The smallest absolute Gasteiger partial charge is 0.410 e. The summed E-state index contributed by atoms with van der Waals surface area (Å²) in [5.74, 6) is 0.0289. The standard InChI is InChI=1S/C26H29FN4O3S/c1-25(2,3)34-24(32)31-15-26(33,16-31)14-30-35-22-7-5-4-6-20(22)17-8-10-19(21(27)12-17)18-9-11-23(28)29-13-18/h4-13,30,33H,14-16H2,1-3H3,(H2,28,29). The van der Waals surface area contributed by atoms with E-state index in [4.69, 9.17) is 10.5 Å². The molecule has 0 spiro atoms. The number of nitrogens with one attached hydrogen (secondary N) is 1. The molecule has 4 N–H and O–H groups in total. The van der Waals surface area contributed by atoms with Gasteiger partial charge in [0.1, 0.15) is 22.8 Å². The first kappa shape index (κ1) is 25.0. The molecule has 1 aromatic heterocycles. The number of aromatic nitrogens is 1. The van der Waals surface area contributed by atoms with Gasteiger partial charge < -0.3 is 20.5 Å². The third-order valence-electron chi connectivity index (χ3n) is 5.47. The zero-order valence-electron chi connectivity index (χ0n) is 19.9. The zero-order chi connectivity index (χ0) is 25.2. The first-order valence-corrected chi connectivity index (χ1v) is 12.1. The fourth-order valence-corrected chi connectivity index (χ4v) is 4.69. The third kappa shape index (κ3) is 6.11. The Morgan fingerprint density at radius 3 is 2.54 bits per heavy atom. The van der Waals surface area contributed by atoms with Crippen molar-refractivity contribution in [3.63, 3.8) is 0 Å². The Hall–Kier alpha value is -3.14. The molecular weight excluding hydrogens is 467 g/mol.